The van der Waals surface area contributed by atoms with Crippen molar-refractivity contribution in [2.45, 2.75) is 12.8 Å². The Morgan fingerprint density at radius 2 is 2.35 bits per heavy atom. The van der Waals surface area contributed by atoms with E-state index in [9.17, 15) is 4.79 Å². The van der Waals surface area contributed by atoms with Crippen LogP contribution in [0.4, 0.5) is 0 Å². The third-order valence-electron chi connectivity index (χ3n) is 4.15. The maximum atomic E-state index is 12.3. The first-order valence-electron chi connectivity index (χ1n) is 7.72. The molecule has 1 amide bonds. The summed E-state index contributed by atoms with van der Waals surface area (Å²) >= 11 is 0. The van der Waals surface area contributed by atoms with E-state index in [4.69, 9.17) is 9.47 Å². The largest absolute Gasteiger partial charge is 0.493 e. The number of nitrogens with zero attached hydrogens (tertiary/aromatic N) is 2. The Balaban J connectivity index is 1.56. The molecule has 2 aromatic rings. The van der Waals surface area contributed by atoms with E-state index < -0.39 is 0 Å². The van der Waals surface area contributed by atoms with Gasteiger partial charge in [-0.1, -0.05) is 12.1 Å². The molecule has 1 aliphatic heterocycles. The van der Waals surface area contributed by atoms with Crippen molar-refractivity contribution in [3.8, 4) is 11.5 Å². The van der Waals surface area contributed by atoms with Gasteiger partial charge in [0.2, 0.25) is 5.91 Å². The van der Waals surface area contributed by atoms with Gasteiger partial charge in [0.1, 0.15) is 6.61 Å². The van der Waals surface area contributed by atoms with Crippen LogP contribution in [0.25, 0.3) is 0 Å². The van der Waals surface area contributed by atoms with Crippen LogP contribution in [-0.4, -0.2) is 35.9 Å². The Kier molecular flexibility index (Phi) is 4.50. The molecule has 3 rings (SSSR count). The lowest BCUT2D eigenvalue weighted by molar-refractivity contribution is -0.126. The highest BCUT2D eigenvalue weighted by Crippen LogP contribution is 2.35. The number of para-hydroxylation sites is 1. The monoisotopic (exact) mass is 315 g/mol. The third kappa shape index (κ3) is 3.31. The van der Waals surface area contributed by atoms with Crippen LogP contribution < -0.4 is 14.8 Å². The number of ether oxygens (including phenoxy) is 2. The lowest BCUT2D eigenvalue weighted by atomic mass is 9.95. The summed E-state index contributed by atoms with van der Waals surface area (Å²) in [4.78, 5) is 12.3. The summed E-state index contributed by atoms with van der Waals surface area (Å²) in [5, 5.41) is 7.10. The number of aromatic nitrogens is 2. The van der Waals surface area contributed by atoms with Gasteiger partial charge in [-0.3, -0.25) is 9.48 Å². The molecule has 6 heteroatoms. The molecule has 0 saturated heterocycles. The second kappa shape index (κ2) is 6.73. The molecule has 0 aliphatic carbocycles. The Labute approximate surface area is 135 Å². The highest BCUT2D eigenvalue weighted by atomic mass is 16.5. The van der Waals surface area contributed by atoms with Gasteiger partial charge in [0.05, 0.1) is 13.0 Å². The number of carbonyl (C=O) groups excluding carboxylic acids is 1. The van der Waals surface area contributed by atoms with Crippen molar-refractivity contribution in [2.75, 3.05) is 20.3 Å². The topological polar surface area (TPSA) is 65.4 Å². The second-order valence-electron chi connectivity index (χ2n) is 5.65. The fraction of sp³-hybridized carbons (Fsp3) is 0.412. The summed E-state index contributed by atoms with van der Waals surface area (Å²) in [7, 11) is 3.52. The molecule has 1 atom stereocenters. The summed E-state index contributed by atoms with van der Waals surface area (Å²) in [5.41, 5.74) is 2.11. The van der Waals surface area contributed by atoms with Crippen LogP contribution in [0.1, 0.15) is 11.3 Å². The standard InChI is InChI=1S/C17H21N3O3/c1-20-14(7-9-19-20)6-8-18-17(21)13-10-12-4-3-5-15(22-2)16(12)23-11-13/h3-5,7,9,13H,6,8,10-11H2,1-2H3,(H,18,21)/t13-/m0/s1. The van der Waals surface area contributed by atoms with E-state index >= 15 is 0 Å². The summed E-state index contributed by atoms with van der Waals surface area (Å²) in [5.74, 6) is 1.34. The maximum absolute atomic E-state index is 12.3. The smallest absolute Gasteiger partial charge is 0.226 e. The SMILES string of the molecule is COc1cccc2c1OC[C@@H](C(=O)NCCc1ccnn1C)C2. The van der Waals surface area contributed by atoms with E-state index in [1.165, 1.54) is 0 Å². The molecule has 1 aromatic heterocycles. The number of methoxy groups -OCH3 is 1. The molecule has 0 bridgehead atoms. The molecule has 0 unspecified atom stereocenters. The Hall–Kier alpha value is -2.50. The predicted octanol–water partition coefficient (Wildman–Crippen LogP) is 1.34. The van der Waals surface area contributed by atoms with E-state index in [0.29, 0.717) is 19.6 Å². The molecule has 0 radical (unpaired) electrons. The van der Waals surface area contributed by atoms with Crippen molar-refractivity contribution < 1.29 is 14.3 Å². The lowest BCUT2D eigenvalue weighted by Crippen LogP contribution is -2.38. The molecule has 1 aliphatic rings. The van der Waals surface area contributed by atoms with Crippen molar-refractivity contribution in [3.05, 3.63) is 41.7 Å². The minimum Gasteiger partial charge on any atom is -0.493 e. The van der Waals surface area contributed by atoms with Crippen LogP contribution in [0.15, 0.2) is 30.5 Å². The van der Waals surface area contributed by atoms with Gasteiger partial charge in [0, 0.05) is 31.9 Å². The zero-order valence-corrected chi connectivity index (χ0v) is 13.4. The molecule has 122 valence electrons. The molecular formula is C17H21N3O3. The van der Waals surface area contributed by atoms with Gasteiger partial charge in [-0.25, -0.2) is 0 Å². The average molecular weight is 315 g/mol. The molecule has 23 heavy (non-hydrogen) atoms. The fourth-order valence-electron chi connectivity index (χ4n) is 2.83. The van der Waals surface area contributed by atoms with Crippen LogP contribution in [-0.2, 0) is 24.7 Å². The number of fused-ring (bicyclic) bond motifs is 1. The van der Waals surface area contributed by atoms with Gasteiger partial charge in [-0.05, 0) is 24.1 Å². The van der Waals surface area contributed by atoms with Crippen LogP contribution in [0.2, 0.25) is 0 Å². The first-order valence-corrected chi connectivity index (χ1v) is 7.72. The normalized spacial score (nSPS) is 16.3. The number of nitrogens with one attached hydrogen (secondary N) is 1. The molecular weight excluding hydrogens is 294 g/mol. The highest BCUT2D eigenvalue weighted by Gasteiger charge is 2.27. The molecule has 0 spiro atoms. The van der Waals surface area contributed by atoms with Crippen LogP contribution >= 0.6 is 0 Å². The number of hydrogen-bond acceptors (Lipinski definition) is 4. The Bertz CT molecular complexity index is 696. The van der Waals surface area contributed by atoms with Gasteiger partial charge in [0.25, 0.3) is 0 Å². The fourth-order valence-corrected chi connectivity index (χ4v) is 2.83. The summed E-state index contributed by atoms with van der Waals surface area (Å²) in [6, 6.07) is 7.72. The van der Waals surface area contributed by atoms with Crippen LogP contribution in [0, 0.1) is 5.92 Å². The number of amides is 1. The molecule has 0 saturated carbocycles. The summed E-state index contributed by atoms with van der Waals surface area (Å²) < 4.78 is 12.9. The van der Waals surface area contributed by atoms with Crippen LogP contribution in [0.3, 0.4) is 0 Å². The first kappa shape index (κ1) is 15.4. The maximum Gasteiger partial charge on any atom is 0.226 e. The zero-order valence-electron chi connectivity index (χ0n) is 13.4. The van der Waals surface area contributed by atoms with Crippen molar-refractivity contribution in [3.63, 3.8) is 0 Å². The number of rotatable bonds is 5. The average Bonchev–Trinajstić information content (AvgIpc) is 2.98. The van der Waals surface area contributed by atoms with Crippen molar-refractivity contribution >= 4 is 5.91 Å². The quantitative estimate of drug-likeness (QED) is 0.904. The van der Waals surface area contributed by atoms with Gasteiger partial charge < -0.3 is 14.8 Å². The van der Waals surface area contributed by atoms with Gasteiger partial charge >= 0.3 is 0 Å². The van der Waals surface area contributed by atoms with E-state index in [2.05, 4.69) is 10.4 Å². The Morgan fingerprint density at radius 1 is 1.48 bits per heavy atom. The lowest BCUT2D eigenvalue weighted by Gasteiger charge is -2.25. The van der Waals surface area contributed by atoms with Crippen molar-refractivity contribution in [2.24, 2.45) is 13.0 Å². The number of aryl methyl sites for hydroxylation is 1. The summed E-state index contributed by atoms with van der Waals surface area (Å²) in [6.07, 6.45) is 3.20. The van der Waals surface area contributed by atoms with E-state index in [1.54, 1.807) is 13.3 Å². The molecule has 1 N–H and O–H groups in total. The molecule has 6 nitrogen and oxygen atoms in total. The van der Waals surface area contributed by atoms with Gasteiger partial charge in [-0.2, -0.15) is 5.10 Å². The molecule has 0 fully saturated rings. The second-order valence-corrected chi connectivity index (χ2v) is 5.65. The highest BCUT2D eigenvalue weighted by molar-refractivity contribution is 5.79. The van der Waals surface area contributed by atoms with Gasteiger partial charge in [-0.15, -0.1) is 0 Å². The van der Waals surface area contributed by atoms with Gasteiger partial charge in [0.15, 0.2) is 11.5 Å². The predicted molar refractivity (Wildman–Crippen MR) is 85.6 cm³/mol. The van der Waals surface area contributed by atoms with E-state index in [0.717, 1.165) is 29.2 Å². The summed E-state index contributed by atoms with van der Waals surface area (Å²) in [6.45, 7) is 0.977. The minimum atomic E-state index is -0.166. The first-order chi connectivity index (χ1) is 11.2. The van der Waals surface area contributed by atoms with E-state index in [-0.39, 0.29) is 11.8 Å². The zero-order chi connectivity index (χ0) is 16.2. The molecule has 1 aromatic carbocycles. The Morgan fingerprint density at radius 3 is 3.09 bits per heavy atom. The minimum absolute atomic E-state index is 0.0284. The van der Waals surface area contributed by atoms with Crippen LogP contribution in [0.5, 0.6) is 11.5 Å². The van der Waals surface area contributed by atoms with Crippen molar-refractivity contribution in [1.29, 1.82) is 0 Å². The number of benzene rings is 1. The number of hydrogen-bond donors (Lipinski definition) is 1. The van der Waals surface area contributed by atoms with E-state index in [1.807, 2.05) is 36.0 Å². The molecule has 2 heterocycles. The third-order valence-corrected chi connectivity index (χ3v) is 4.15. The van der Waals surface area contributed by atoms with Crippen molar-refractivity contribution in [1.82, 2.24) is 15.1 Å². The number of carbonyl (C=O) groups is 1.